The first kappa shape index (κ1) is 22.2. The van der Waals surface area contributed by atoms with Gasteiger partial charge >= 0.3 is 0 Å². The zero-order valence-electron chi connectivity index (χ0n) is 17.8. The molecule has 32 heavy (non-hydrogen) atoms. The molecular weight excluding hydrogens is 448 g/mol. The number of hydrogen-bond acceptors (Lipinski definition) is 4. The number of nitrogens with zero attached hydrogens (tertiary/aromatic N) is 1. The van der Waals surface area contributed by atoms with E-state index < -0.39 is 10.0 Å². The Morgan fingerprint density at radius 1 is 1.06 bits per heavy atom. The van der Waals surface area contributed by atoms with Crippen molar-refractivity contribution in [2.45, 2.75) is 24.7 Å². The molecule has 0 fully saturated rings. The maximum Gasteiger partial charge on any atom is 0.261 e. The Bertz CT molecular complexity index is 1270. The highest BCUT2D eigenvalue weighted by Crippen LogP contribution is 2.32. The average Bonchev–Trinajstić information content (AvgIpc) is 2.78. The van der Waals surface area contributed by atoms with Crippen molar-refractivity contribution < 1.29 is 17.9 Å². The molecule has 0 radical (unpaired) electrons. The quantitative estimate of drug-likeness (QED) is 0.566. The van der Waals surface area contributed by atoms with Gasteiger partial charge in [-0.25, -0.2) is 8.42 Å². The van der Waals surface area contributed by atoms with E-state index in [0.717, 1.165) is 23.2 Å². The van der Waals surface area contributed by atoms with E-state index in [0.29, 0.717) is 35.0 Å². The molecular formula is C24H23ClN2O4S. The summed E-state index contributed by atoms with van der Waals surface area (Å²) in [4.78, 5) is 14.9. The van der Waals surface area contributed by atoms with Crippen molar-refractivity contribution in [1.82, 2.24) is 0 Å². The minimum Gasteiger partial charge on any atom is -0.495 e. The standard InChI is InChI=1S/C24H23ClN2O4S/c1-16-5-7-17(8-6-16)24(28)27-13-3-4-18-14-20(10-11-22(18)27)32(29,30)26-19-9-12-23(31-2)21(25)15-19/h5-12,14-15,26H,3-4,13H2,1-2H3. The Morgan fingerprint density at radius 3 is 2.50 bits per heavy atom. The lowest BCUT2D eigenvalue weighted by Crippen LogP contribution is -2.35. The summed E-state index contributed by atoms with van der Waals surface area (Å²) in [5.41, 5.74) is 3.60. The number of sulfonamides is 1. The Balaban J connectivity index is 1.61. The first-order valence-electron chi connectivity index (χ1n) is 10.2. The number of methoxy groups -OCH3 is 1. The molecule has 1 aliphatic heterocycles. The van der Waals surface area contributed by atoms with Gasteiger partial charge in [-0.1, -0.05) is 29.3 Å². The zero-order valence-corrected chi connectivity index (χ0v) is 19.3. The third-order valence-corrected chi connectivity index (χ3v) is 7.10. The van der Waals surface area contributed by atoms with Crippen molar-refractivity contribution in [3.05, 3.63) is 82.4 Å². The molecule has 1 heterocycles. The number of nitrogens with one attached hydrogen (secondary N) is 1. The van der Waals surface area contributed by atoms with E-state index in [1.807, 2.05) is 31.2 Å². The molecule has 0 bridgehead atoms. The summed E-state index contributed by atoms with van der Waals surface area (Å²) in [6.45, 7) is 2.56. The van der Waals surface area contributed by atoms with Crippen LogP contribution in [-0.4, -0.2) is 28.0 Å². The van der Waals surface area contributed by atoms with Crippen LogP contribution in [0.3, 0.4) is 0 Å². The third-order valence-electron chi connectivity index (χ3n) is 5.43. The molecule has 4 rings (SSSR count). The molecule has 3 aromatic rings. The van der Waals surface area contributed by atoms with Crippen molar-refractivity contribution in [2.75, 3.05) is 23.3 Å². The number of anilines is 2. The second-order valence-corrected chi connectivity index (χ2v) is 9.76. The molecule has 1 N–H and O–H groups in total. The number of carbonyl (C=O) groups excluding carboxylic acids is 1. The minimum atomic E-state index is -3.83. The number of benzene rings is 3. The fraction of sp³-hybridized carbons (Fsp3) is 0.208. The predicted molar refractivity (Wildman–Crippen MR) is 126 cm³/mol. The number of fused-ring (bicyclic) bond motifs is 1. The van der Waals surface area contributed by atoms with Gasteiger partial charge in [-0.15, -0.1) is 0 Å². The van der Waals surface area contributed by atoms with Crippen LogP contribution >= 0.6 is 11.6 Å². The highest BCUT2D eigenvalue weighted by atomic mass is 35.5. The first-order valence-corrected chi connectivity index (χ1v) is 12.0. The molecule has 0 saturated carbocycles. The molecule has 0 atom stereocenters. The number of halogens is 1. The van der Waals surface area contributed by atoms with E-state index >= 15 is 0 Å². The minimum absolute atomic E-state index is 0.0902. The zero-order chi connectivity index (χ0) is 22.9. The van der Waals surface area contributed by atoms with E-state index in [9.17, 15) is 13.2 Å². The highest BCUT2D eigenvalue weighted by Gasteiger charge is 2.26. The molecule has 0 aromatic heterocycles. The van der Waals surface area contributed by atoms with Gasteiger partial charge in [0.25, 0.3) is 15.9 Å². The molecule has 1 aliphatic rings. The maximum absolute atomic E-state index is 13.1. The van der Waals surface area contributed by atoms with E-state index in [1.165, 1.54) is 19.2 Å². The Labute approximate surface area is 192 Å². The molecule has 0 spiro atoms. The van der Waals surface area contributed by atoms with Gasteiger partial charge in [0.2, 0.25) is 0 Å². The molecule has 8 heteroatoms. The molecule has 1 amide bonds. The van der Waals surface area contributed by atoms with E-state index in [-0.39, 0.29) is 10.8 Å². The lowest BCUT2D eigenvalue weighted by molar-refractivity contribution is 0.0985. The third kappa shape index (κ3) is 4.45. The van der Waals surface area contributed by atoms with Crippen LogP contribution in [0.5, 0.6) is 5.75 Å². The van der Waals surface area contributed by atoms with Gasteiger partial charge in [0.05, 0.1) is 22.7 Å². The Morgan fingerprint density at radius 2 is 1.81 bits per heavy atom. The Hall–Kier alpha value is -3.03. The molecule has 6 nitrogen and oxygen atoms in total. The number of ether oxygens (including phenoxy) is 1. The van der Waals surface area contributed by atoms with E-state index in [1.54, 1.807) is 29.2 Å². The van der Waals surface area contributed by atoms with Crippen LogP contribution < -0.4 is 14.4 Å². The summed E-state index contributed by atoms with van der Waals surface area (Å²) in [5.74, 6) is 0.370. The van der Waals surface area contributed by atoms with Crippen LogP contribution in [0, 0.1) is 6.92 Å². The normalized spacial score (nSPS) is 13.4. The lowest BCUT2D eigenvalue weighted by Gasteiger charge is -2.30. The predicted octanol–water partition coefficient (Wildman–Crippen LogP) is 5.05. The van der Waals surface area contributed by atoms with Crippen LogP contribution in [0.25, 0.3) is 0 Å². The fourth-order valence-electron chi connectivity index (χ4n) is 3.75. The monoisotopic (exact) mass is 470 g/mol. The summed E-state index contributed by atoms with van der Waals surface area (Å²) >= 11 is 6.11. The summed E-state index contributed by atoms with van der Waals surface area (Å²) in [6.07, 6.45) is 1.46. The van der Waals surface area contributed by atoms with Gasteiger partial charge in [0, 0.05) is 17.8 Å². The van der Waals surface area contributed by atoms with E-state index in [2.05, 4.69) is 4.72 Å². The molecule has 0 saturated heterocycles. The second-order valence-electron chi connectivity index (χ2n) is 7.67. The van der Waals surface area contributed by atoms with E-state index in [4.69, 9.17) is 16.3 Å². The smallest absolute Gasteiger partial charge is 0.261 e. The van der Waals surface area contributed by atoms with Crippen LogP contribution in [0.15, 0.2) is 65.6 Å². The van der Waals surface area contributed by atoms with Crippen molar-refractivity contribution in [3.63, 3.8) is 0 Å². The van der Waals surface area contributed by atoms with Gasteiger partial charge in [0.1, 0.15) is 5.75 Å². The lowest BCUT2D eigenvalue weighted by atomic mass is 10.0. The van der Waals surface area contributed by atoms with Crippen molar-refractivity contribution in [2.24, 2.45) is 0 Å². The van der Waals surface area contributed by atoms with Gasteiger partial charge in [0.15, 0.2) is 0 Å². The maximum atomic E-state index is 13.1. The number of hydrogen-bond donors (Lipinski definition) is 1. The Kier molecular flexibility index (Phi) is 6.13. The molecule has 0 aliphatic carbocycles. The SMILES string of the molecule is COc1ccc(NS(=O)(=O)c2ccc3c(c2)CCCN3C(=O)c2ccc(C)cc2)cc1Cl. The topological polar surface area (TPSA) is 75.7 Å². The first-order chi connectivity index (χ1) is 15.3. The number of amides is 1. The molecule has 3 aromatic carbocycles. The molecule has 166 valence electrons. The summed E-state index contributed by atoms with van der Waals surface area (Å²) < 4.78 is 33.6. The average molecular weight is 471 g/mol. The number of aryl methyl sites for hydroxylation is 2. The number of carbonyl (C=O) groups is 1. The van der Waals surface area contributed by atoms with Crippen molar-refractivity contribution in [3.8, 4) is 5.75 Å². The molecule has 0 unspecified atom stereocenters. The summed E-state index contributed by atoms with van der Waals surface area (Å²) in [5, 5.41) is 0.309. The van der Waals surface area contributed by atoms with Crippen molar-refractivity contribution >= 4 is 38.9 Å². The van der Waals surface area contributed by atoms with Crippen LogP contribution in [0.4, 0.5) is 11.4 Å². The summed E-state index contributed by atoms with van der Waals surface area (Å²) in [7, 11) is -2.34. The van der Waals surface area contributed by atoms with Gasteiger partial charge < -0.3 is 9.64 Å². The van der Waals surface area contributed by atoms with Crippen LogP contribution in [-0.2, 0) is 16.4 Å². The second kappa shape index (κ2) is 8.84. The van der Waals surface area contributed by atoms with Gasteiger partial charge in [-0.2, -0.15) is 0 Å². The van der Waals surface area contributed by atoms with Gasteiger partial charge in [-0.3, -0.25) is 9.52 Å². The largest absolute Gasteiger partial charge is 0.495 e. The highest BCUT2D eigenvalue weighted by molar-refractivity contribution is 7.92. The van der Waals surface area contributed by atoms with Crippen LogP contribution in [0.1, 0.15) is 27.9 Å². The number of rotatable bonds is 5. The fourth-order valence-corrected chi connectivity index (χ4v) is 5.10. The van der Waals surface area contributed by atoms with Crippen molar-refractivity contribution in [1.29, 1.82) is 0 Å². The summed E-state index contributed by atoms with van der Waals surface area (Å²) in [6, 6.07) is 17.0. The van der Waals surface area contributed by atoms with Crippen LogP contribution in [0.2, 0.25) is 5.02 Å². The van der Waals surface area contributed by atoms with Gasteiger partial charge in [-0.05, 0) is 73.9 Å².